The van der Waals surface area contributed by atoms with Gasteiger partial charge in [0.15, 0.2) is 0 Å². The fourth-order valence-corrected chi connectivity index (χ4v) is 2.16. The van der Waals surface area contributed by atoms with Crippen LogP contribution in [0.4, 0.5) is 0 Å². The molecular weight excluding hydrogens is 200 g/mol. The number of carbonyl (C=O) groups is 1. The van der Waals surface area contributed by atoms with E-state index in [1.54, 1.807) is 0 Å². The standard InChI is InChI=1S/C13H17N2O/c1-11(16)13-4-8-15(9-5-13)10-12-2-6-14-7-3-12/h2-3,6-7,13H,1,4-5,8-10H2. The molecule has 2 rings (SSSR count). The second-order valence-corrected chi connectivity index (χ2v) is 4.37. The van der Waals surface area contributed by atoms with E-state index in [9.17, 15) is 4.79 Å². The van der Waals surface area contributed by atoms with E-state index in [1.165, 1.54) is 5.56 Å². The first-order valence-corrected chi connectivity index (χ1v) is 5.73. The van der Waals surface area contributed by atoms with Gasteiger partial charge < -0.3 is 0 Å². The average Bonchev–Trinajstić information content (AvgIpc) is 2.31. The first-order valence-electron chi connectivity index (χ1n) is 5.73. The summed E-state index contributed by atoms with van der Waals surface area (Å²) < 4.78 is 0. The van der Waals surface area contributed by atoms with Crippen LogP contribution in [0.25, 0.3) is 0 Å². The van der Waals surface area contributed by atoms with Gasteiger partial charge in [0.2, 0.25) is 0 Å². The third-order valence-corrected chi connectivity index (χ3v) is 3.20. The second-order valence-electron chi connectivity index (χ2n) is 4.37. The van der Waals surface area contributed by atoms with E-state index in [1.807, 2.05) is 24.5 Å². The summed E-state index contributed by atoms with van der Waals surface area (Å²) in [6.45, 7) is 6.45. The molecule has 0 unspecified atom stereocenters. The number of hydrogen-bond donors (Lipinski definition) is 0. The fourth-order valence-electron chi connectivity index (χ4n) is 2.16. The molecule has 1 fully saturated rings. The number of rotatable bonds is 3. The van der Waals surface area contributed by atoms with Crippen molar-refractivity contribution < 1.29 is 4.79 Å². The molecule has 1 radical (unpaired) electrons. The number of nitrogens with zero attached hydrogens (tertiary/aromatic N) is 2. The van der Waals surface area contributed by atoms with E-state index >= 15 is 0 Å². The molecule has 0 aromatic carbocycles. The summed E-state index contributed by atoms with van der Waals surface area (Å²) in [5.41, 5.74) is 1.29. The van der Waals surface area contributed by atoms with Crippen LogP contribution >= 0.6 is 0 Å². The van der Waals surface area contributed by atoms with Crippen LogP contribution in [0.3, 0.4) is 0 Å². The van der Waals surface area contributed by atoms with Crippen molar-refractivity contribution in [3.63, 3.8) is 0 Å². The van der Waals surface area contributed by atoms with Crippen LogP contribution in [0.15, 0.2) is 24.5 Å². The van der Waals surface area contributed by atoms with E-state index in [2.05, 4.69) is 16.8 Å². The van der Waals surface area contributed by atoms with Crippen LogP contribution < -0.4 is 0 Å². The molecule has 0 N–H and O–H groups in total. The maximum Gasteiger partial charge on any atom is 0.136 e. The number of ketones is 1. The van der Waals surface area contributed by atoms with E-state index in [0.717, 1.165) is 32.5 Å². The third kappa shape index (κ3) is 2.89. The highest BCUT2D eigenvalue weighted by Gasteiger charge is 2.21. The zero-order chi connectivity index (χ0) is 11.4. The van der Waals surface area contributed by atoms with E-state index in [-0.39, 0.29) is 11.7 Å². The lowest BCUT2D eigenvalue weighted by atomic mass is 9.93. The van der Waals surface area contributed by atoms with Crippen molar-refractivity contribution in [2.75, 3.05) is 13.1 Å². The van der Waals surface area contributed by atoms with Crippen molar-refractivity contribution >= 4 is 5.78 Å². The quantitative estimate of drug-likeness (QED) is 0.772. The number of hydrogen-bond acceptors (Lipinski definition) is 3. The van der Waals surface area contributed by atoms with E-state index in [0.29, 0.717) is 0 Å². The minimum Gasteiger partial charge on any atom is -0.299 e. The Morgan fingerprint density at radius 3 is 2.56 bits per heavy atom. The van der Waals surface area contributed by atoms with Crippen molar-refractivity contribution in [1.29, 1.82) is 0 Å². The number of aromatic nitrogens is 1. The van der Waals surface area contributed by atoms with Crippen LogP contribution in [0.5, 0.6) is 0 Å². The Balaban J connectivity index is 1.84. The molecule has 2 heterocycles. The Kier molecular flexibility index (Phi) is 3.67. The van der Waals surface area contributed by atoms with Gasteiger partial charge in [-0.3, -0.25) is 14.7 Å². The Bertz CT molecular complexity index is 342. The van der Waals surface area contributed by atoms with Gasteiger partial charge in [0.25, 0.3) is 0 Å². The lowest BCUT2D eigenvalue weighted by Crippen LogP contribution is -2.35. The van der Waals surface area contributed by atoms with Crippen molar-refractivity contribution in [3.8, 4) is 0 Å². The predicted molar refractivity (Wildman–Crippen MR) is 62.6 cm³/mol. The van der Waals surface area contributed by atoms with Crippen molar-refractivity contribution in [2.45, 2.75) is 19.4 Å². The summed E-state index contributed by atoms with van der Waals surface area (Å²) in [7, 11) is 0. The summed E-state index contributed by atoms with van der Waals surface area (Å²) in [6.07, 6.45) is 5.55. The Morgan fingerprint density at radius 2 is 2.00 bits per heavy atom. The summed E-state index contributed by atoms with van der Waals surface area (Å²) >= 11 is 0. The first-order chi connectivity index (χ1) is 7.75. The molecule has 1 aromatic heterocycles. The zero-order valence-corrected chi connectivity index (χ0v) is 9.43. The predicted octanol–water partition coefficient (Wildman–Crippen LogP) is 1.70. The normalized spacial score (nSPS) is 18.6. The van der Waals surface area contributed by atoms with Crippen molar-refractivity contribution in [3.05, 3.63) is 37.0 Å². The molecule has 0 bridgehead atoms. The van der Waals surface area contributed by atoms with Gasteiger partial charge in [0.05, 0.1) is 0 Å². The minimum atomic E-state index is 0.101. The summed E-state index contributed by atoms with van der Waals surface area (Å²) in [4.78, 5) is 17.5. The molecular formula is C13H17N2O. The van der Waals surface area contributed by atoms with Crippen LogP contribution in [0.1, 0.15) is 18.4 Å². The molecule has 0 spiro atoms. The van der Waals surface area contributed by atoms with Gasteiger partial charge in [-0.15, -0.1) is 0 Å². The molecule has 0 amide bonds. The number of pyridine rings is 1. The highest BCUT2D eigenvalue weighted by atomic mass is 16.1. The smallest absolute Gasteiger partial charge is 0.136 e. The summed E-state index contributed by atoms with van der Waals surface area (Å²) in [6, 6.07) is 4.08. The Labute approximate surface area is 96.5 Å². The van der Waals surface area contributed by atoms with Crippen LogP contribution in [-0.4, -0.2) is 28.8 Å². The highest BCUT2D eigenvalue weighted by molar-refractivity contribution is 5.84. The largest absolute Gasteiger partial charge is 0.299 e. The van der Waals surface area contributed by atoms with Crippen LogP contribution in [-0.2, 0) is 11.3 Å². The molecule has 1 aliphatic rings. The van der Waals surface area contributed by atoms with Crippen molar-refractivity contribution in [2.24, 2.45) is 5.92 Å². The van der Waals surface area contributed by atoms with Gasteiger partial charge in [0.1, 0.15) is 5.78 Å². The maximum atomic E-state index is 11.1. The lowest BCUT2D eigenvalue weighted by molar-refractivity contribution is -0.119. The van der Waals surface area contributed by atoms with E-state index < -0.39 is 0 Å². The van der Waals surface area contributed by atoms with Crippen molar-refractivity contribution in [1.82, 2.24) is 9.88 Å². The minimum absolute atomic E-state index is 0.101. The number of carbonyl (C=O) groups excluding carboxylic acids is 1. The van der Waals surface area contributed by atoms with Crippen LogP contribution in [0, 0.1) is 12.8 Å². The molecule has 3 nitrogen and oxygen atoms in total. The number of Topliss-reactive ketones (excluding diaryl/α,β-unsaturated/α-hetero) is 1. The molecule has 3 heteroatoms. The van der Waals surface area contributed by atoms with Gasteiger partial charge >= 0.3 is 0 Å². The van der Waals surface area contributed by atoms with E-state index in [4.69, 9.17) is 0 Å². The zero-order valence-electron chi connectivity index (χ0n) is 9.43. The summed E-state index contributed by atoms with van der Waals surface area (Å²) in [5, 5.41) is 0. The number of piperidine rings is 1. The third-order valence-electron chi connectivity index (χ3n) is 3.20. The van der Waals surface area contributed by atoms with Gasteiger partial charge in [-0.2, -0.15) is 0 Å². The monoisotopic (exact) mass is 217 g/mol. The molecule has 1 aromatic rings. The average molecular weight is 217 g/mol. The van der Waals surface area contributed by atoms with Gasteiger partial charge in [-0.05, 0) is 43.6 Å². The number of likely N-dealkylation sites (tertiary alicyclic amines) is 1. The first kappa shape index (κ1) is 11.3. The van der Waals surface area contributed by atoms with Gasteiger partial charge in [0, 0.05) is 31.8 Å². The lowest BCUT2D eigenvalue weighted by Gasteiger charge is -2.30. The molecule has 0 atom stereocenters. The SMILES string of the molecule is [CH2]C(=O)C1CCN(Cc2ccncc2)CC1. The highest BCUT2D eigenvalue weighted by Crippen LogP contribution is 2.19. The molecule has 1 aliphatic heterocycles. The molecule has 0 saturated carbocycles. The molecule has 16 heavy (non-hydrogen) atoms. The fraction of sp³-hybridized carbons (Fsp3) is 0.462. The second kappa shape index (κ2) is 5.21. The van der Waals surface area contributed by atoms with Crippen LogP contribution in [0.2, 0.25) is 0 Å². The van der Waals surface area contributed by atoms with Gasteiger partial charge in [-0.1, -0.05) is 0 Å². The Hall–Kier alpha value is -1.22. The summed E-state index contributed by atoms with van der Waals surface area (Å²) in [5.74, 6) is 0.289. The molecule has 1 saturated heterocycles. The topological polar surface area (TPSA) is 33.2 Å². The molecule has 0 aliphatic carbocycles. The molecule has 85 valence electrons. The Morgan fingerprint density at radius 1 is 1.38 bits per heavy atom. The van der Waals surface area contributed by atoms with Gasteiger partial charge in [-0.25, -0.2) is 0 Å². The maximum absolute atomic E-state index is 11.1.